The van der Waals surface area contributed by atoms with Gasteiger partial charge in [-0.3, -0.25) is 24.0 Å². The van der Waals surface area contributed by atoms with Gasteiger partial charge < -0.3 is 42.6 Å². The fraction of sp³-hybridized carbons (Fsp3) is 0.364. The van der Waals surface area contributed by atoms with Gasteiger partial charge in [0.2, 0.25) is 23.6 Å². The largest absolute Gasteiger partial charge is 0.481 e. The van der Waals surface area contributed by atoms with E-state index in [9.17, 15) is 33.9 Å². The summed E-state index contributed by atoms with van der Waals surface area (Å²) in [5, 5.41) is 26.0. The minimum atomic E-state index is -1.57. The molecule has 14 heteroatoms. The van der Waals surface area contributed by atoms with Crippen molar-refractivity contribution in [1.29, 1.82) is 0 Å². The molecule has 3 unspecified atom stereocenters. The van der Waals surface area contributed by atoms with Crippen LogP contribution in [0, 0.1) is 0 Å². The van der Waals surface area contributed by atoms with Gasteiger partial charge in [0, 0.05) is 29.9 Å². The van der Waals surface area contributed by atoms with Crippen LogP contribution in [0.3, 0.4) is 0 Å². The van der Waals surface area contributed by atoms with Crippen molar-refractivity contribution in [1.82, 2.24) is 20.9 Å². The molecule has 3 atom stereocenters. The molecule has 0 fully saturated rings. The van der Waals surface area contributed by atoms with Gasteiger partial charge in [-0.05, 0) is 18.1 Å². The molecule has 1 aromatic carbocycles. The predicted molar refractivity (Wildman–Crippen MR) is 125 cm³/mol. The molecule has 194 valence electrons. The zero-order chi connectivity index (χ0) is 26.8. The second-order valence-corrected chi connectivity index (χ2v) is 8.01. The second-order valence-electron chi connectivity index (χ2n) is 8.01. The monoisotopic (exact) mass is 504 g/mol. The summed E-state index contributed by atoms with van der Waals surface area (Å²) in [4.78, 5) is 73.5. The van der Waals surface area contributed by atoms with Crippen molar-refractivity contribution in [3.05, 3.63) is 36.0 Å². The summed E-state index contributed by atoms with van der Waals surface area (Å²) in [5.74, 6) is -6.10. The predicted octanol–water partition coefficient (Wildman–Crippen LogP) is -2.05. The first kappa shape index (κ1) is 27.8. The average Bonchev–Trinajstić information content (AvgIpc) is 3.22. The van der Waals surface area contributed by atoms with Crippen LogP contribution in [0.1, 0.15) is 24.8 Å². The van der Waals surface area contributed by atoms with E-state index in [0.717, 1.165) is 10.9 Å². The highest BCUT2D eigenvalue weighted by molar-refractivity contribution is 5.94. The Labute approximate surface area is 204 Å². The van der Waals surface area contributed by atoms with Gasteiger partial charge in [-0.25, -0.2) is 4.79 Å². The van der Waals surface area contributed by atoms with Crippen LogP contribution in [-0.4, -0.2) is 75.4 Å². The molecule has 0 radical (unpaired) electrons. The molecule has 36 heavy (non-hydrogen) atoms. The number of amides is 4. The summed E-state index contributed by atoms with van der Waals surface area (Å²) in [7, 11) is 0. The molecule has 0 bridgehead atoms. The van der Waals surface area contributed by atoms with E-state index in [1.165, 1.54) is 0 Å². The zero-order valence-corrected chi connectivity index (χ0v) is 19.2. The summed E-state index contributed by atoms with van der Waals surface area (Å²) >= 11 is 0. The van der Waals surface area contributed by atoms with E-state index in [2.05, 4.69) is 20.9 Å². The fourth-order valence-corrected chi connectivity index (χ4v) is 3.35. The standard InChI is InChI=1S/C22H28N6O8/c23-13(5-6-17(24)29)20(33)28-15(8-19(31)32)21(34)26-10-18(30)27-16(22(35)36)7-11-9-25-14-4-2-1-3-12(11)14/h1-4,9,13,15-16,25H,5-8,10,23H2,(H2,24,29)(H,26,34)(H,27,30)(H,28,33)(H,31,32)(H,35,36). The number of H-pyrrole nitrogens is 1. The number of aliphatic carboxylic acids is 2. The van der Waals surface area contributed by atoms with Gasteiger partial charge >= 0.3 is 11.9 Å². The molecule has 4 amide bonds. The third-order valence-electron chi connectivity index (χ3n) is 5.21. The normalized spacial score (nSPS) is 13.2. The topological polar surface area (TPSA) is 247 Å². The van der Waals surface area contributed by atoms with Crippen LogP contribution in [0.25, 0.3) is 10.9 Å². The van der Waals surface area contributed by atoms with E-state index in [-0.39, 0.29) is 19.3 Å². The van der Waals surface area contributed by atoms with Gasteiger partial charge in [0.15, 0.2) is 0 Å². The molecule has 2 rings (SSSR count). The number of aromatic nitrogens is 1. The first-order chi connectivity index (χ1) is 17.0. The highest BCUT2D eigenvalue weighted by Crippen LogP contribution is 2.19. The summed E-state index contributed by atoms with van der Waals surface area (Å²) in [6.07, 6.45) is 0.508. The lowest BCUT2D eigenvalue weighted by molar-refractivity contribution is -0.142. The molecule has 0 aliphatic carbocycles. The van der Waals surface area contributed by atoms with Crippen LogP contribution >= 0.6 is 0 Å². The Morgan fingerprint density at radius 2 is 1.67 bits per heavy atom. The van der Waals surface area contributed by atoms with Gasteiger partial charge in [-0.15, -0.1) is 0 Å². The Bertz CT molecular complexity index is 1150. The van der Waals surface area contributed by atoms with Crippen LogP contribution in [0.4, 0.5) is 0 Å². The number of hydrogen-bond acceptors (Lipinski definition) is 7. The SMILES string of the molecule is NC(=O)CCC(N)C(=O)NC(CC(=O)O)C(=O)NCC(=O)NC(Cc1c[nH]c2ccccc12)C(=O)O. The number of carboxylic acids is 2. The lowest BCUT2D eigenvalue weighted by atomic mass is 10.0. The van der Waals surface area contributed by atoms with Gasteiger partial charge in [0.25, 0.3) is 0 Å². The van der Waals surface area contributed by atoms with Crippen molar-refractivity contribution in [3.8, 4) is 0 Å². The molecule has 14 nitrogen and oxygen atoms in total. The van der Waals surface area contributed by atoms with Crippen LogP contribution in [-0.2, 0) is 35.2 Å². The number of aromatic amines is 1. The van der Waals surface area contributed by atoms with Gasteiger partial charge in [0.05, 0.1) is 19.0 Å². The van der Waals surface area contributed by atoms with Crippen molar-refractivity contribution in [2.24, 2.45) is 11.5 Å². The van der Waals surface area contributed by atoms with E-state index in [4.69, 9.17) is 16.6 Å². The number of fused-ring (bicyclic) bond motifs is 1. The smallest absolute Gasteiger partial charge is 0.326 e. The number of nitrogens with one attached hydrogen (secondary N) is 4. The number of primary amides is 1. The van der Waals surface area contributed by atoms with E-state index in [0.29, 0.717) is 5.56 Å². The lowest BCUT2D eigenvalue weighted by Gasteiger charge is -2.20. The number of carbonyl (C=O) groups is 6. The van der Waals surface area contributed by atoms with Crippen molar-refractivity contribution in [2.75, 3.05) is 6.54 Å². The maximum absolute atomic E-state index is 12.4. The number of nitrogens with two attached hydrogens (primary N) is 2. The fourth-order valence-electron chi connectivity index (χ4n) is 3.35. The Morgan fingerprint density at radius 1 is 0.972 bits per heavy atom. The zero-order valence-electron chi connectivity index (χ0n) is 19.2. The number of para-hydroxylation sites is 1. The Kier molecular flexibility index (Phi) is 9.92. The van der Waals surface area contributed by atoms with Crippen LogP contribution < -0.4 is 27.4 Å². The van der Waals surface area contributed by atoms with E-state index < -0.39 is 66.7 Å². The van der Waals surface area contributed by atoms with Gasteiger partial charge in [0.1, 0.15) is 12.1 Å². The van der Waals surface area contributed by atoms with E-state index in [1.807, 2.05) is 12.1 Å². The Hall–Kier alpha value is -4.46. The summed E-state index contributed by atoms with van der Waals surface area (Å²) in [6.45, 7) is -0.670. The highest BCUT2D eigenvalue weighted by atomic mass is 16.4. The molecule has 1 heterocycles. The molecule has 0 saturated heterocycles. The van der Waals surface area contributed by atoms with Gasteiger partial charge in [-0.2, -0.15) is 0 Å². The van der Waals surface area contributed by atoms with Crippen molar-refractivity contribution >= 4 is 46.5 Å². The number of rotatable bonds is 14. The summed E-state index contributed by atoms with van der Waals surface area (Å²) < 4.78 is 0. The third kappa shape index (κ3) is 8.39. The first-order valence-electron chi connectivity index (χ1n) is 10.9. The molecule has 0 spiro atoms. The molecule has 0 aliphatic heterocycles. The number of carbonyl (C=O) groups excluding carboxylic acids is 4. The number of carboxylic acid groups (broad SMARTS) is 2. The number of hydrogen-bond donors (Lipinski definition) is 8. The molecule has 10 N–H and O–H groups in total. The molecule has 0 saturated carbocycles. The first-order valence-corrected chi connectivity index (χ1v) is 10.9. The van der Waals surface area contributed by atoms with Crippen molar-refractivity contribution < 1.29 is 39.0 Å². The van der Waals surface area contributed by atoms with E-state index >= 15 is 0 Å². The van der Waals surface area contributed by atoms with Crippen LogP contribution in [0.15, 0.2) is 30.5 Å². The quantitative estimate of drug-likeness (QED) is 0.141. The third-order valence-corrected chi connectivity index (χ3v) is 5.21. The van der Waals surface area contributed by atoms with Crippen molar-refractivity contribution in [2.45, 2.75) is 43.8 Å². The Balaban J connectivity index is 1.95. The molecular formula is C22H28N6O8. The van der Waals surface area contributed by atoms with Crippen LogP contribution in [0.5, 0.6) is 0 Å². The summed E-state index contributed by atoms with van der Waals surface area (Å²) in [5.41, 5.74) is 12.1. The minimum absolute atomic E-state index is 0.0279. The van der Waals surface area contributed by atoms with Gasteiger partial charge in [-0.1, -0.05) is 18.2 Å². The molecular weight excluding hydrogens is 476 g/mol. The Morgan fingerprint density at radius 3 is 2.31 bits per heavy atom. The maximum Gasteiger partial charge on any atom is 0.326 e. The summed E-state index contributed by atoms with van der Waals surface area (Å²) in [6, 6.07) is 3.15. The number of benzene rings is 1. The average molecular weight is 505 g/mol. The highest BCUT2D eigenvalue weighted by Gasteiger charge is 2.27. The maximum atomic E-state index is 12.4. The van der Waals surface area contributed by atoms with Crippen LogP contribution in [0.2, 0.25) is 0 Å². The second kappa shape index (κ2) is 12.9. The molecule has 0 aliphatic rings. The van der Waals surface area contributed by atoms with E-state index in [1.54, 1.807) is 18.3 Å². The minimum Gasteiger partial charge on any atom is -0.481 e. The van der Waals surface area contributed by atoms with Crippen molar-refractivity contribution in [3.63, 3.8) is 0 Å². The molecule has 2 aromatic rings. The molecule has 1 aromatic heterocycles. The lowest BCUT2D eigenvalue weighted by Crippen LogP contribution is -2.54.